The van der Waals surface area contributed by atoms with Gasteiger partial charge in [-0.05, 0) is 57.6 Å². The highest BCUT2D eigenvalue weighted by Crippen LogP contribution is 2.68. The lowest BCUT2D eigenvalue weighted by molar-refractivity contribution is 0.0560. The molecule has 3 fully saturated rings. The Morgan fingerprint density at radius 1 is 1.29 bits per heavy atom. The van der Waals surface area contributed by atoms with Crippen LogP contribution in [-0.4, -0.2) is 30.6 Å². The summed E-state index contributed by atoms with van der Waals surface area (Å²) in [6, 6.07) is 7.14. The number of hydrogen-bond donors (Lipinski definition) is 0. The number of allylic oxidation sites excluding steroid dienone is 1. The molecule has 2 atom stereocenters. The molecule has 0 bridgehead atoms. The Kier molecular flexibility index (Phi) is 3.68. The van der Waals surface area contributed by atoms with Gasteiger partial charge in [0.15, 0.2) is 5.72 Å². The van der Waals surface area contributed by atoms with Crippen molar-refractivity contribution in [3.8, 4) is 0 Å². The minimum absolute atomic E-state index is 0.212. The van der Waals surface area contributed by atoms with Gasteiger partial charge in [-0.3, -0.25) is 0 Å². The van der Waals surface area contributed by atoms with E-state index in [1.807, 2.05) is 25.1 Å². The summed E-state index contributed by atoms with van der Waals surface area (Å²) in [5.74, 6) is 0.212. The van der Waals surface area contributed by atoms with Crippen LogP contribution in [-0.2, 0) is 14.8 Å². The Bertz CT molecular complexity index is 751. The zero-order chi connectivity index (χ0) is 17.0. The van der Waals surface area contributed by atoms with Gasteiger partial charge in [0.25, 0.3) is 0 Å². The number of fused-ring (bicyclic) bond motifs is 1. The van der Waals surface area contributed by atoms with Crippen molar-refractivity contribution in [1.29, 1.82) is 0 Å². The Hall–Kier alpha value is -1.17. The summed E-state index contributed by atoms with van der Waals surface area (Å²) in [4.78, 5) is 0.372. The monoisotopic (exact) mass is 347 g/mol. The first kappa shape index (κ1) is 16.3. The molecule has 1 saturated carbocycles. The number of epoxide rings is 1. The number of sulfonamides is 1. The maximum absolute atomic E-state index is 13.4. The predicted octanol–water partition coefficient (Wildman–Crippen LogP) is 3.62. The molecular formula is C19H25NO3S. The summed E-state index contributed by atoms with van der Waals surface area (Å²) in [6.07, 6.45) is 7.67. The third-order valence-electron chi connectivity index (χ3n) is 6.02. The highest BCUT2D eigenvalue weighted by atomic mass is 32.2. The fourth-order valence-corrected chi connectivity index (χ4v) is 6.44. The minimum Gasteiger partial charge on any atom is -0.345 e. The van der Waals surface area contributed by atoms with E-state index in [2.05, 4.69) is 6.58 Å². The van der Waals surface area contributed by atoms with Crippen LogP contribution in [0, 0.1) is 12.8 Å². The molecule has 1 aromatic rings. The van der Waals surface area contributed by atoms with Gasteiger partial charge in [0.2, 0.25) is 10.0 Å². The summed E-state index contributed by atoms with van der Waals surface area (Å²) in [5, 5.41) is 0. The highest BCUT2D eigenvalue weighted by molar-refractivity contribution is 7.89. The Balaban J connectivity index is 1.75. The van der Waals surface area contributed by atoms with Gasteiger partial charge in [0.05, 0.1) is 4.90 Å². The van der Waals surface area contributed by atoms with E-state index in [4.69, 9.17) is 4.74 Å². The molecule has 4 rings (SSSR count). The molecule has 0 aromatic heterocycles. The number of nitrogens with zero attached hydrogens (tertiary/aromatic N) is 1. The third-order valence-corrected chi connectivity index (χ3v) is 7.92. The standard InChI is InChI=1S/C19H25NO3S/c1-3-6-16-7-4-14-20(19(16)18(23-19)12-5-13-18)24(21,22)17-10-8-15(2)9-11-17/h3,8-11,16H,1,4-7,12-14H2,2H3/t16-,19-/m0/s1. The molecule has 0 N–H and O–H groups in total. The molecule has 130 valence electrons. The van der Waals surface area contributed by atoms with E-state index in [1.54, 1.807) is 16.4 Å². The molecule has 0 unspecified atom stereocenters. The smallest absolute Gasteiger partial charge is 0.245 e. The molecule has 2 heterocycles. The second-order valence-corrected chi connectivity index (χ2v) is 9.26. The lowest BCUT2D eigenvalue weighted by atomic mass is 9.71. The summed E-state index contributed by atoms with van der Waals surface area (Å²) in [7, 11) is -3.55. The predicted molar refractivity (Wildman–Crippen MR) is 93.0 cm³/mol. The Labute approximate surface area is 144 Å². The molecule has 0 radical (unpaired) electrons. The molecule has 1 aromatic carbocycles. The first-order valence-corrected chi connectivity index (χ1v) is 10.3. The van der Waals surface area contributed by atoms with Crippen molar-refractivity contribution in [1.82, 2.24) is 4.31 Å². The number of ether oxygens (including phenoxy) is 1. The number of rotatable bonds is 4. The topological polar surface area (TPSA) is 49.9 Å². The summed E-state index contributed by atoms with van der Waals surface area (Å²) < 4.78 is 34.7. The molecule has 2 spiro atoms. The van der Waals surface area contributed by atoms with Gasteiger partial charge in [-0.25, -0.2) is 8.42 Å². The Morgan fingerprint density at radius 3 is 2.54 bits per heavy atom. The summed E-state index contributed by atoms with van der Waals surface area (Å²) in [5.41, 5.74) is 0.185. The van der Waals surface area contributed by atoms with Crippen molar-refractivity contribution in [2.24, 2.45) is 5.92 Å². The normalized spacial score (nSPS) is 31.8. The van der Waals surface area contributed by atoms with Crippen molar-refractivity contribution in [2.75, 3.05) is 6.54 Å². The van der Waals surface area contributed by atoms with Crippen molar-refractivity contribution in [3.05, 3.63) is 42.5 Å². The van der Waals surface area contributed by atoms with Crippen LogP contribution in [0.1, 0.15) is 44.1 Å². The maximum Gasteiger partial charge on any atom is 0.245 e. The molecular weight excluding hydrogens is 322 g/mol. The lowest BCUT2D eigenvalue weighted by Gasteiger charge is -2.42. The van der Waals surface area contributed by atoms with E-state index in [9.17, 15) is 8.42 Å². The first-order chi connectivity index (χ1) is 11.5. The Morgan fingerprint density at radius 2 is 2.00 bits per heavy atom. The summed E-state index contributed by atoms with van der Waals surface area (Å²) >= 11 is 0. The van der Waals surface area contributed by atoms with E-state index in [0.717, 1.165) is 44.1 Å². The van der Waals surface area contributed by atoms with Crippen molar-refractivity contribution in [2.45, 2.75) is 61.7 Å². The second kappa shape index (κ2) is 5.41. The van der Waals surface area contributed by atoms with E-state index in [-0.39, 0.29) is 11.5 Å². The van der Waals surface area contributed by atoms with E-state index >= 15 is 0 Å². The third kappa shape index (κ3) is 2.07. The molecule has 1 aliphatic carbocycles. The minimum atomic E-state index is -3.55. The van der Waals surface area contributed by atoms with Gasteiger partial charge in [-0.1, -0.05) is 23.8 Å². The second-order valence-electron chi connectivity index (χ2n) is 7.40. The van der Waals surface area contributed by atoms with Gasteiger partial charge in [0.1, 0.15) is 5.60 Å². The molecule has 24 heavy (non-hydrogen) atoms. The van der Waals surface area contributed by atoms with Crippen molar-refractivity contribution < 1.29 is 13.2 Å². The van der Waals surface area contributed by atoms with Crippen LogP contribution < -0.4 is 0 Å². The van der Waals surface area contributed by atoms with Gasteiger partial charge in [-0.15, -0.1) is 6.58 Å². The highest BCUT2D eigenvalue weighted by Gasteiger charge is 2.79. The van der Waals surface area contributed by atoms with E-state index < -0.39 is 15.7 Å². The van der Waals surface area contributed by atoms with Crippen LogP contribution in [0.5, 0.6) is 0 Å². The van der Waals surface area contributed by atoms with Gasteiger partial charge in [-0.2, -0.15) is 4.31 Å². The maximum atomic E-state index is 13.4. The zero-order valence-corrected chi connectivity index (χ0v) is 15.0. The molecule has 3 aliphatic rings. The van der Waals surface area contributed by atoms with Crippen LogP contribution in [0.4, 0.5) is 0 Å². The average molecular weight is 347 g/mol. The van der Waals surface area contributed by atoms with E-state index in [1.165, 1.54) is 0 Å². The van der Waals surface area contributed by atoms with Gasteiger partial charge < -0.3 is 4.74 Å². The molecule has 5 heteroatoms. The van der Waals surface area contributed by atoms with Crippen LogP contribution in [0.2, 0.25) is 0 Å². The lowest BCUT2D eigenvalue weighted by Crippen LogP contribution is -2.56. The van der Waals surface area contributed by atoms with Crippen LogP contribution in [0.15, 0.2) is 41.8 Å². The molecule has 4 nitrogen and oxygen atoms in total. The SMILES string of the molecule is C=CC[C@H]1CCCN(S(=O)(=O)c2ccc(C)cc2)[C@]12OC21CCC1. The van der Waals surface area contributed by atoms with E-state index in [0.29, 0.717) is 11.4 Å². The largest absolute Gasteiger partial charge is 0.345 e. The van der Waals surface area contributed by atoms with Gasteiger partial charge in [0, 0.05) is 12.5 Å². The fraction of sp³-hybridized carbons (Fsp3) is 0.579. The van der Waals surface area contributed by atoms with Gasteiger partial charge >= 0.3 is 0 Å². The average Bonchev–Trinajstić information content (AvgIpc) is 3.21. The molecule has 2 saturated heterocycles. The number of aryl methyl sites for hydroxylation is 1. The fourth-order valence-electron chi connectivity index (χ4n) is 4.63. The van der Waals surface area contributed by atoms with Crippen LogP contribution in [0.3, 0.4) is 0 Å². The van der Waals surface area contributed by atoms with Crippen LogP contribution in [0.25, 0.3) is 0 Å². The van der Waals surface area contributed by atoms with Crippen molar-refractivity contribution in [3.63, 3.8) is 0 Å². The summed E-state index contributed by atoms with van der Waals surface area (Å²) in [6.45, 7) is 6.38. The van der Waals surface area contributed by atoms with Crippen LogP contribution >= 0.6 is 0 Å². The molecule has 2 aliphatic heterocycles. The molecule has 0 amide bonds. The number of piperidine rings is 1. The number of hydrogen-bond acceptors (Lipinski definition) is 3. The quantitative estimate of drug-likeness (QED) is 0.617. The van der Waals surface area contributed by atoms with Crippen molar-refractivity contribution >= 4 is 10.0 Å². The number of benzene rings is 1. The first-order valence-electron chi connectivity index (χ1n) is 8.87. The zero-order valence-electron chi connectivity index (χ0n) is 14.2.